The zero-order valence-corrected chi connectivity index (χ0v) is 13.5. The number of rotatable bonds is 10. The van der Waals surface area contributed by atoms with E-state index in [2.05, 4.69) is 37.1 Å². The van der Waals surface area contributed by atoms with Crippen LogP contribution in [-0.2, 0) is 0 Å². The molecule has 1 aromatic rings. The van der Waals surface area contributed by atoms with Crippen LogP contribution in [0.2, 0.25) is 0 Å². The zero-order valence-electron chi connectivity index (χ0n) is 13.5. The fraction of sp³-hybridized carbons (Fsp3) is 0.706. The Hall–Kier alpha value is -1.09. The Kier molecular flexibility index (Phi) is 8.28. The van der Waals surface area contributed by atoms with E-state index in [-0.39, 0.29) is 0 Å². The lowest BCUT2D eigenvalue weighted by atomic mass is 9.89. The Bertz CT molecular complexity index is 368. The predicted octanol–water partition coefficient (Wildman–Crippen LogP) is 4.35. The summed E-state index contributed by atoms with van der Waals surface area (Å²) in [5, 5.41) is 3.61. The molecule has 0 radical (unpaired) electrons. The number of methoxy groups -OCH3 is 1. The van der Waals surface area contributed by atoms with Crippen LogP contribution in [0.25, 0.3) is 0 Å². The van der Waals surface area contributed by atoms with Gasteiger partial charge in [-0.1, -0.05) is 46.5 Å². The molecule has 0 aliphatic carbocycles. The van der Waals surface area contributed by atoms with Crippen molar-refractivity contribution in [1.82, 2.24) is 10.3 Å². The van der Waals surface area contributed by atoms with Crippen LogP contribution in [0.5, 0.6) is 5.75 Å². The first-order valence-corrected chi connectivity index (χ1v) is 7.97. The van der Waals surface area contributed by atoms with Crippen molar-refractivity contribution in [2.45, 2.75) is 58.9 Å². The molecule has 1 heterocycles. The monoisotopic (exact) mass is 278 g/mol. The number of nitrogens with zero attached hydrogens (tertiary/aromatic N) is 1. The van der Waals surface area contributed by atoms with Gasteiger partial charge < -0.3 is 10.1 Å². The lowest BCUT2D eigenvalue weighted by Crippen LogP contribution is -2.24. The van der Waals surface area contributed by atoms with E-state index >= 15 is 0 Å². The van der Waals surface area contributed by atoms with Crippen molar-refractivity contribution < 1.29 is 4.74 Å². The van der Waals surface area contributed by atoms with Crippen LogP contribution in [0.3, 0.4) is 0 Å². The molecule has 2 atom stereocenters. The van der Waals surface area contributed by atoms with E-state index in [1.165, 1.54) is 37.7 Å². The van der Waals surface area contributed by atoms with Gasteiger partial charge >= 0.3 is 0 Å². The molecule has 0 saturated carbocycles. The van der Waals surface area contributed by atoms with Crippen molar-refractivity contribution in [1.29, 1.82) is 0 Å². The number of unbranched alkanes of at least 4 members (excludes halogenated alkanes) is 1. The molecule has 0 aliphatic rings. The summed E-state index contributed by atoms with van der Waals surface area (Å²) in [6.07, 6.45) is 10.0. The second kappa shape index (κ2) is 9.76. The molecule has 0 aliphatic heterocycles. The van der Waals surface area contributed by atoms with E-state index in [1.807, 2.05) is 12.4 Å². The minimum absolute atomic E-state index is 0.361. The molecular weight excluding hydrogens is 248 g/mol. The average Bonchev–Trinajstić information content (AvgIpc) is 2.50. The number of pyridine rings is 1. The molecular formula is C17H30N2O. The lowest BCUT2D eigenvalue weighted by molar-refractivity contribution is 0.343. The zero-order chi connectivity index (χ0) is 14.8. The molecule has 1 rings (SSSR count). The number of aromatic nitrogens is 1. The average molecular weight is 278 g/mol. The molecule has 114 valence electrons. The van der Waals surface area contributed by atoms with Crippen LogP contribution < -0.4 is 10.1 Å². The number of hydrogen-bond acceptors (Lipinski definition) is 3. The van der Waals surface area contributed by atoms with Crippen molar-refractivity contribution in [3.05, 3.63) is 24.0 Å². The van der Waals surface area contributed by atoms with Gasteiger partial charge in [-0.2, -0.15) is 0 Å². The quantitative estimate of drug-likeness (QED) is 0.691. The first-order valence-electron chi connectivity index (χ1n) is 7.97. The smallest absolute Gasteiger partial charge is 0.141 e. The van der Waals surface area contributed by atoms with Gasteiger partial charge in [0.1, 0.15) is 5.75 Å². The minimum atomic E-state index is 0.361. The summed E-state index contributed by atoms with van der Waals surface area (Å²) in [4.78, 5) is 4.15. The van der Waals surface area contributed by atoms with E-state index < -0.39 is 0 Å². The maximum absolute atomic E-state index is 5.47. The normalized spacial score (nSPS) is 14.0. The minimum Gasteiger partial charge on any atom is -0.495 e. The van der Waals surface area contributed by atoms with Crippen LogP contribution in [0, 0.1) is 5.92 Å². The van der Waals surface area contributed by atoms with E-state index in [1.54, 1.807) is 7.11 Å². The van der Waals surface area contributed by atoms with Crippen LogP contribution in [0.15, 0.2) is 18.5 Å². The van der Waals surface area contributed by atoms with Gasteiger partial charge in [0.25, 0.3) is 0 Å². The summed E-state index contributed by atoms with van der Waals surface area (Å²) in [6.45, 7) is 7.70. The fourth-order valence-corrected chi connectivity index (χ4v) is 2.73. The highest BCUT2D eigenvalue weighted by molar-refractivity contribution is 5.32. The molecule has 1 aromatic heterocycles. The van der Waals surface area contributed by atoms with Crippen LogP contribution in [0.4, 0.5) is 0 Å². The third-order valence-electron chi connectivity index (χ3n) is 3.97. The van der Waals surface area contributed by atoms with Gasteiger partial charge in [-0.15, -0.1) is 0 Å². The van der Waals surface area contributed by atoms with Gasteiger partial charge in [0.2, 0.25) is 0 Å². The molecule has 1 N–H and O–H groups in total. The number of nitrogens with one attached hydrogen (secondary N) is 1. The summed E-state index contributed by atoms with van der Waals surface area (Å²) in [5.41, 5.74) is 1.24. The van der Waals surface area contributed by atoms with Crippen molar-refractivity contribution in [3.63, 3.8) is 0 Å². The van der Waals surface area contributed by atoms with Crippen molar-refractivity contribution in [3.8, 4) is 5.75 Å². The maximum Gasteiger partial charge on any atom is 0.141 e. The highest BCUT2D eigenvalue weighted by Crippen LogP contribution is 2.31. The molecule has 3 nitrogen and oxygen atoms in total. The van der Waals surface area contributed by atoms with Crippen molar-refractivity contribution in [2.24, 2.45) is 5.92 Å². The number of ether oxygens (including phenoxy) is 1. The Labute approximate surface area is 124 Å². The van der Waals surface area contributed by atoms with E-state index in [9.17, 15) is 0 Å². The van der Waals surface area contributed by atoms with Gasteiger partial charge in [0.15, 0.2) is 0 Å². The SMILES string of the molecule is CCCCC(CC)CC(NCC)c1ccncc1OC. The Morgan fingerprint density at radius 3 is 2.70 bits per heavy atom. The Balaban J connectivity index is 2.81. The van der Waals surface area contributed by atoms with Gasteiger partial charge in [-0.25, -0.2) is 0 Å². The van der Waals surface area contributed by atoms with Crippen LogP contribution >= 0.6 is 0 Å². The molecule has 0 spiro atoms. The van der Waals surface area contributed by atoms with E-state index in [0.29, 0.717) is 6.04 Å². The topological polar surface area (TPSA) is 34.2 Å². The summed E-state index contributed by atoms with van der Waals surface area (Å²) >= 11 is 0. The highest BCUT2D eigenvalue weighted by Gasteiger charge is 2.19. The molecule has 3 heteroatoms. The summed E-state index contributed by atoms with van der Waals surface area (Å²) in [5.74, 6) is 1.67. The van der Waals surface area contributed by atoms with Crippen LogP contribution in [-0.4, -0.2) is 18.6 Å². The Morgan fingerprint density at radius 1 is 1.30 bits per heavy atom. The van der Waals surface area contributed by atoms with Crippen molar-refractivity contribution >= 4 is 0 Å². The van der Waals surface area contributed by atoms with E-state index in [4.69, 9.17) is 4.74 Å². The lowest BCUT2D eigenvalue weighted by Gasteiger charge is -2.25. The second-order valence-corrected chi connectivity index (χ2v) is 5.38. The van der Waals surface area contributed by atoms with Gasteiger partial charge in [0, 0.05) is 17.8 Å². The summed E-state index contributed by atoms with van der Waals surface area (Å²) in [7, 11) is 1.72. The molecule has 20 heavy (non-hydrogen) atoms. The van der Waals surface area contributed by atoms with E-state index in [0.717, 1.165) is 18.2 Å². The maximum atomic E-state index is 5.47. The predicted molar refractivity (Wildman–Crippen MR) is 85.1 cm³/mol. The molecule has 0 fully saturated rings. The number of hydrogen-bond donors (Lipinski definition) is 1. The third-order valence-corrected chi connectivity index (χ3v) is 3.97. The van der Waals surface area contributed by atoms with Crippen molar-refractivity contribution in [2.75, 3.05) is 13.7 Å². The molecule has 0 aromatic carbocycles. The summed E-state index contributed by atoms with van der Waals surface area (Å²) in [6, 6.07) is 2.44. The Morgan fingerprint density at radius 2 is 2.10 bits per heavy atom. The van der Waals surface area contributed by atoms with Gasteiger partial charge in [-0.05, 0) is 24.9 Å². The fourth-order valence-electron chi connectivity index (χ4n) is 2.73. The molecule has 0 saturated heterocycles. The van der Waals surface area contributed by atoms with Gasteiger partial charge in [0.05, 0.1) is 13.3 Å². The molecule has 0 bridgehead atoms. The molecule has 2 unspecified atom stereocenters. The highest BCUT2D eigenvalue weighted by atomic mass is 16.5. The van der Waals surface area contributed by atoms with Gasteiger partial charge in [-0.3, -0.25) is 4.98 Å². The third kappa shape index (κ3) is 5.12. The molecule has 0 amide bonds. The second-order valence-electron chi connectivity index (χ2n) is 5.38. The first-order chi connectivity index (χ1) is 9.76. The summed E-state index contributed by atoms with van der Waals surface area (Å²) < 4.78 is 5.47. The van der Waals surface area contributed by atoms with Crippen LogP contribution in [0.1, 0.15) is 64.5 Å². The largest absolute Gasteiger partial charge is 0.495 e. The standard InChI is InChI=1S/C17H30N2O/c1-5-8-9-14(6-2)12-16(19-7-3)15-10-11-18-13-17(15)20-4/h10-11,13-14,16,19H,5-9,12H2,1-4H3. The first kappa shape index (κ1) is 17.0.